The highest BCUT2D eigenvalue weighted by Crippen LogP contribution is 2.07. The van der Waals surface area contributed by atoms with Gasteiger partial charge in [-0.15, -0.1) is 0 Å². The summed E-state index contributed by atoms with van der Waals surface area (Å²) in [6, 6.07) is 4.86. The van der Waals surface area contributed by atoms with Crippen LogP contribution in [0, 0.1) is 0 Å². The summed E-state index contributed by atoms with van der Waals surface area (Å²) in [7, 11) is 0. The van der Waals surface area contributed by atoms with Crippen LogP contribution in [0.5, 0.6) is 0 Å². The van der Waals surface area contributed by atoms with Crippen molar-refractivity contribution in [1.29, 1.82) is 0 Å². The van der Waals surface area contributed by atoms with Crippen LogP contribution in [0.2, 0.25) is 0 Å². The van der Waals surface area contributed by atoms with E-state index in [2.05, 4.69) is 30.2 Å². The fourth-order valence-corrected chi connectivity index (χ4v) is 2.11. The standard InChI is InChI=1S/C15H26N2/c1-3-5-9-15(7-4-2)17-12-10-14-8-6-11-16-13-14/h6,8,11,13,15,17H,3-5,7,9-10,12H2,1-2H3. The predicted octanol–water partition coefficient (Wildman–Crippen LogP) is 3.57. The van der Waals surface area contributed by atoms with E-state index in [0.717, 1.165) is 13.0 Å². The molecule has 0 radical (unpaired) electrons. The number of aromatic nitrogens is 1. The van der Waals surface area contributed by atoms with Crippen molar-refractivity contribution in [3.05, 3.63) is 30.1 Å². The Labute approximate surface area is 106 Å². The molecular formula is C15H26N2. The quantitative estimate of drug-likeness (QED) is 0.706. The number of hydrogen-bond donors (Lipinski definition) is 1. The van der Waals surface area contributed by atoms with Crippen LogP contribution in [-0.4, -0.2) is 17.6 Å². The van der Waals surface area contributed by atoms with Crippen LogP contribution in [-0.2, 0) is 6.42 Å². The topological polar surface area (TPSA) is 24.9 Å². The number of rotatable bonds is 9. The Hall–Kier alpha value is -0.890. The first-order valence-corrected chi connectivity index (χ1v) is 6.99. The molecule has 96 valence electrons. The van der Waals surface area contributed by atoms with Crippen molar-refractivity contribution in [2.24, 2.45) is 0 Å². The molecule has 1 atom stereocenters. The summed E-state index contributed by atoms with van der Waals surface area (Å²) in [6.07, 6.45) is 11.4. The molecular weight excluding hydrogens is 208 g/mol. The molecule has 0 aliphatic rings. The Morgan fingerprint density at radius 1 is 1.24 bits per heavy atom. The summed E-state index contributed by atoms with van der Waals surface area (Å²) >= 11 is 0. The maximum atomic E-state index is 4.14. The third-order valence-electron chi connectivity index (χ3n) is 3.11. The van der Waals surface area contributed by atoms with Crippen molar-refractivity contribution < 1.29 is 0 Å². The summed E-state index contributed by atoms with van der Waals surface area (Å²) in [5, 5.41) is 3.68. The largest absolute Gasteiger partial charge is 0.314 e. The van der Waals surface area contributed by atoms with E-state index < -0.39 is 0 Å². The summed E-state index contributed by atoms with van der Waals surface area (Å²) in [5.41, 5.74) is 1.32. The lowest BCUT2D eigenvalue weighted by molar-refractivity contribution is 0.438. The van der Waals surface area contributed by atoms with Crippen LogP contribution in [0.3, 0.4) is 0 Å². The molecule has 0 aliphatic heterocycles. The Kier molecular flexibility index (Phi) is 7.65. The van der Waals surface area contributed by atoms with E-state index >= 15 is 0 Å². The number of pyridine rings is 1. The van der Waals surface area contributed by atoms with Gasteiger partial charge in [0, 0.05) is 18.4 Å². The summed E-state index contributed by atoms with van der Waals surface area (Å²) in [6.45, 7) is 5.60. The molecule has 1 aromatic heterocycles. The molecule has 0 aromatic carbocycles. The van der Waals surface area contributed by atoms with Crippen molar-refractivity contribution in [3.8, 4) is 0 Å². The number of nitrogens with one attached hydrogen (secondary N) is 1. The van der Waals surface area contributed by atoms with Gasteiger partial charge in [0.25, 0.3) is 0 Å². The van der Waals surface area contributed by atoms with Crippen LogP contribution in [0.4, 0.5) is 0 Å². The molecule has 17 heavy (non-hydrogen) atoms. The Morgan fingerprint density at radius 2 is 2.12 bits per heavy atom. The van der Waals surface area contributed by atoms with Crippen molar-refractivity contribution in [1.82, 2.24) is 10.3 Å². The maximum absolute atomic E-state index is 4.14. The van der Waals surface area contributed by atoms with Gasteiger partial charge in [-0.1, -0.05) is 39.2 Å². The van der Waals surface area contributed by atoms with Crippen molar-refractivity contribution in [2.75, 3.05) is 6.54 Å². The molecule has 1 unspecified atom stereocenters. The van der Waals surface area contributed by atoms with E-state index in [1.165, 1.54) is 37.7 Å². The molecule has 1 heterocycles. The van der Waals surface area contributed by atoms with Crippen molar-refractivity contribution >= 4 is 0 Å². The van der Waals surface area contributed by atoms with E-state index in [9.17, 15) is 0 Å². The lowest BCUT2D eigenvalue weighted by Gasteiger charge is -2.17. The van der Waals surface area contributed by atoms with E-state index in [4.69, 9.17) is 0 Å². The van der Waals surface area contributed by atoms with E-state index in [0.29, 0.717) is 6.04 Å². The van der Waals surface area contributed by atoms with Gasteiger partial charge in [0.1, 0.15) is 0 Å². The first-order chi connectivity index (χ1) is 8.36. The van der Waals surface area contributed by atoms with Crippen LogP contribution in [0.1, 0.15) is 51.5 Å². The molecule has 1 N–H and O–H groups in total. The first-order valence-electron chi connectivity index (χ1n) is 6.99. The molecule has 0 fully saturated rings. The fourth-order valence-electron chi connectivity index (χ4n) is 2.11. The molecule has 2 heteroatoms. The third-order valence-corrected chi connectivity index (χ3v) is 3.11. The zero-order chi connectivity index (χ0) is 12.3. The summed E-state index contributed by atoms with van der Waals surface area (Å²) in [5.74, 6) is 0. The lowest BCUT2D eigenvalue weighted by atomic mass is 10.0. The Morgan fingerprint density at radius 3 is 2.76 bits per heavy atom. The molecule has 0 saturated carbocycles. The van der Waals surface area contributed by atoms with Crippen LogP contribution in [0.15, 0.2) is 24.5 Å². The van der Waals surface area contributed by atoms with Gasteiger partial charge in [-0.2, -0.15) is 0 Å². The lowest BCUT2D eigenvalue weighted by Crippen LogP contribution is -2.30. The first kappa shape index (κ1) is 14.2. The minimum atomic E-state index is 0.705. The second kappa shape index (κ2) is 9.17. The number of nitrogens with zero attached hydrogens (tertiary/aromatic N) is 1. The Bertz CT molecular complexity index is 272. The third kappa shape index (κ3) is 6.42. The van der Waals surface area contributed by atoms with Gasteiger partial charge in [0.15, 0.2) is 0 Å². The average molecular weight is 234 g/mol. The van der Waals surface area contributed by atoms with Gasteiger partial charge < -0.3 is 5.32 Å². The van der Waals surface area contributed by atoms with Gasteiger partial charge in [-0.25, -0.2) is 0 Å². The zero-order valence-corrected chi connectivity index (χ0v) is 11.3. The van der Waals surface area contributed by atoms with Crippen molar-refractivity contribution in [2.45, 2.75) is 58.4 Å². The van der Waals surface area contributed by atoms with Gasteiger partial charge in [0.05, 0.1) is 0 Å². The molecule has 0 amide bonds. The van der Waals surface area contributed by atoms with Crippen LogP contribution >= 0.6 is 0 Å². The smallest absolute Gasteiger partial charge is 0.0300 e. The highest BCUT2D eigenvalue weighted by Gasteiger charge is 2.05. The molecule has 0 saturated heterocycles. The number of hydrogen-bond acceptors (Lipinski definition) is 2. The zero-order valence-electron chi connectivity index (χ0n) is 11.3. The molecule has 1 rings (SSSR count). The van der Waals surface area contributed by atoms with Gasteiger partial charge in [0.2, 0.25) is 0 Å². The minimum Gasteiger partial charge on any atom is -0.314 e. The Balaban J connectivity index is 2.22. The second-order valence-corrected chi connectivity index (χ2v) is 4.69. The van der Waals surface area contributed by atoms with Gasteiger partial charge >= 0.3 is 0 Å². The molecule has 0 aliphatic carbocycles. The highest BCUT2D eigenvalue weighted by atomic mass is 14.9. The molecule has 1 aromatic rings. The molecule has 0 spiro atoms. The minimum absolute atomic E-state index is 0.705. The normalized spacial score (nSPS) is 12.6. The van der Waals surface area contributed by atoms with E-state index in [-0.39, 0.29) is 0 Å². The highest BCUT2D eigenvalue weighted by molar-refractivity contribution is 5.08. The summed E-state index contributed by atoms with van der Waals surface area (Å²) < 4.78 is 0. The number of unbranched alkanes of at least 4 members (excludes halogenated alkanes) is 1. The predicted molar refractivity (Wildman–Crippen MR) is 74.2 cm³/mol. The average Bonchev–Trinajstić information content (AvgIpc) is 2.37. The second-order valence-electron chi connectivity index (χ2n) is 4.69. The molecule has 2 nitrogen and oxygen atoms in total. The molecule has 0 bridgehead atoms. The van der Waals surface area contributed by atoms with Crippen LogP contribution in [0.25, 0.3) is 0 Å². The maximum Gasteiger partial charge on any atom is 0.0300 e. The SMILES string of the molecule is CCCCC(CCC)NCCc1cccnc1. The van der Waals surface area contributed by atoms with Crippen LogP contribution < -0.4 is 5.32 Å². The monoisotopic (exact) mass is 234 g/mol. The van der Waals surface area contributed by atoms with E-state index in [1.54, 1.807) is 0 Å². The van der Waals surface area contributed by atoms with E-state index in [1.807, 2.05) is 18.5 Å². The van der Waals surface area contributed by atoms with Crippen molar-refractivity contribution in [3.63, 3.8) is 0 Å². The fraction of sp³-hybridized carbons (Fsp3) is 0.667. The van der Waals surface area contributed by atoms with Gasteiger partial charge in [-0.3, -0.25) is 4.98 Å². The summed E-state index contributed by atoms with van der Waals surface area (Å²) in [4.78, 5) is 4.14. The van der Waals surface area contributed by atoms with Gasteiger partial charge in [-0.05, 0) is 37.4 Å².